The summed E-state index contributed by atoms with van der Waals surface area (Å²) < 4.78 is 38.9. The highest BCUT2D eigenvalue weighted by atomic mass is 32.1. The van der Waals surface area contributed by atoms with Gasteiger partial charge in [-0.2, -0.15) is 13.2 Å². The molecule has 2 unspecified atom stereocenters. The quantitative estimate of drug-likeness (QED) is 0.881. The maximum atomic E-state index is 12.8. The molecule has 5 rings (SSSR count). The predicted molar refractivity (Wildman–Crippen MR) is 89.6 cm³/mol. The smallest absolute Gasteiger partial charge is 0.346 e. The summed E-state index contributed by atoms with van der Waals surface area (Å²) in [6, 6.07) is 2.88. The standard InChI is InChI=1S/C17H18F3N3OS/c1-9-15(10-2-4-23(9)5-3-10)22-16(24)12-7-13-11(8-21-12)6-14(25-13)17(18,19)20/h6-10,15H,2-5H2,1H3,(H,22,24). The number of alkyl halides is 3. The topological polar surface area (TPSA) is 45.2 Å². The molecular formula is C17H18F3N3OS. The van der Waals surface area contributed by atoms with Gasteiger partial charge in [-0.1, -0.05) is 0 Å². The van der Waals surface area contributed by atoms with Gasteiger partial charge in [0.2, 0.25) is 0 Å². The zero-order chi connectivity index (χ0) is 17.8. The number of carbonyl (C=O) groups is 1. The Labute approximate surface area is 147 Å². The summed E-state index contributed by atoms with van der Waals surface area (Å²) in [6.45, 7) is 4.25. The lowest BCUT2D eigenvalue weighted by atomic mass is 9.79. The minimum Gasteiger partial charge on any atom is -0.346 e. The Morgan fingerprint density at radius 1 is 1.32 bits per heavy atom. The van der Waals surface area contributed by atoms with E-state index in [1.807, 2.05) is 0 Å². The fourth-order valence-corrected chi connectivity index (χ4v) is 4.91. The highest BCUT2D eigenvalue weighted by Gasteiger charge is 2.40. The second kappa shape index (κ2) is 5.95. The van der Waals surface area contributed by atoms with Crippen LogP contribution in [0, 0.1) is 5.92 Å². The van der Waals surface area contributed by atoms with Crippen molar-refractivity contribution in [1.82, 2.24) is 15.2 Å². The predicted octanol–water partition coefficient (Wildman–Crippen LogP) is 3.53. The van der Waals surface area contributed by atoms with E-state index in [0.29, 0.717) is 27.3 Å². The fraction of sp³-hybridized carbons (Fsp3) is 0.529. The Morgan fingerprint density at radius 3 is 2.68 bits per heavy atom. The third kappa shape index (κ3) is 3.01. The van der Waals surface area contributed by atoms with E-state index >= 15 is 0 Å². The summed E-state index contributed by atoms with van der Waals surface area (Å²) in [7, 11) is 0. The van der Waals surface area contributed by atoms with Crippen molar-refractivity contribution >= 4 is 27.3 Å². The Hall–Kier alpha value is -1.67. The molecule has 0 saturated carbocycles. The van der Waals surface area contributed by atoms with Crippen molar-refractivity contribution in [2.45, 2.75) is 38.0 Å². The molecule has 1 amide bonds. The Bertz CT molecular complexity index is 809. The number of carbonyl (C=O) groups excluding carboxylic acids is 1. The highest BCUT2D eigenvalue weighted by molar-refractivity contribution is 7.19. The van der Waals surface area contributed by atoms with Crippen molar-refractivity contribution in [1.29, 1.82) is 0 Å². The number of hydrogen-bond acceptors (Lipinski definition) is 4. The number of aromatic nitrogens is 1. The number of thiophene rings is 1. The third-order valence-corrected chi connectivity index (χ3v) is 6.53. The van der Waals surface area contributed by atoms with E-state index in [-0.39, 0.29) is 23.7 Å². The van der Waals surface area contributed by atoms with Gasteiger partial charge in [0.1, 0.15) is 10.6 Å². The highest BCUT2D eigenvalue weighted by Crippen LogP contribution is 2.38. The first kappa shape index (κ1) is 16.8. The van der Waals surface area contributed by atoms with Crippen LogP contribution in [0.3, 0.4) is 0 Å². The van der Waals surface area contributed by atoms with Gasteiger partial charge in [0.25, 0.3) is 5.91 Å². The van der Waals surface area contributed by atoms with Gasteiger partial charge in [0.15, 0.2) is 0 Å². The molecule has 134 valence electrons. The summed E-state index contributed by atoms with van der Waals surface area (Å²) in [4.78, 5) is 18.3. The van der Waals surface area contributed by atoms with Gasteiger partial charge in [-0.25, -0.2) is 0 Å². The molecule has 0 aromatic carbocycles. The van der Waals surface area contributed by atoms with Crippen LogP contribution in [0.1, 0.15) is 35.1 Å². The molecule has 3 saturated heterocycles. The van der Waals surface area contributed by atoms with Crippen LogP contribution >= 0.6 is 11.3 Å². The van der Waals surface area contributed by atoms with Crippen molar-refractivity contribution in [3.8, 4) is 0 Å². The number of amides is 1. The molecule has 25 heavy (non-hydrogen) atoms. The molecule has 2 bridgehead atoms. The lowest BCUT2D eigenvalue weighted by molar-refractivity contribution is -0.134. The molecule has 2 aromatic rings. The Balaban J connectivity index is 1.56. The van der Waals surface area contributed by atoms with E-state index < -0.39 is 11.1 Å². The maximum Gasteiger partial charge on any atom is 0.425 e. The number of fused-ring (bicyclic) bond motifs is 4. The monoisotopic (exact) mass is 369 g/mol. The molecule has 3 fully saturated rings. The summed E-state index contributed by atoms with van der Waals surface area (Å²) in [6.07, 6.45) is -0.892. The summed E-state index contributed by atoms with van der Waals surface area (Å²) >= 11 is 0.641. The first-order valence-corrected chi connectivity index (χ1v) is 9.16. The molecule has 0 spiro atoms. The van der Waals surface area contributed by atoms with Gasteiger partial charge >= 0.3 is 6.18 Å². The zero-order valence-electron chi connectivity index (χ0n) is 13.6. The lowest BCUT2D eigenvalue weighted by Crippen LogP contribution is -2.62. The van der Waals surface area contributed by atoms with E-state index in [4.69, 9.17) is 0 Å². The van der Waals surface area contributed by atoms with Crippen LogP contribution in [0.25, 0.3) is 10.1 Å². The molecule has 8 heteroatoms. The molecule has 5 heterocycles. The molecule has 0 aliphatic carbocycles. The largest absolute Gasteiger partial charge is 0.425 e. The van der Waals surface area contributed by atoms with Gasteiger partial charge < -0.3 is 5.32 Å². The van der Waals surface area contributed by atoms with Gasteiger partial charge in [0, 0.05) is 28.4 Å². The summed E-state index contributed by atoms with van der Waals surface area (Å²) in [5.41, 5.74) is 0.173. The maximum absolute atomic E-state index is 12.8. The van der Waals surface area contributed by atoms with Crippen LogP contribution in [0.5, 0.6) is 0 Å². The van der Waals surface area contributed by atoms with E-state index in [1.165, 1.54) is 12.3 Å². The van der Waals surface area contributed by atoms with E-state index in [1.54, 1.807) is 0 Å². The second-order valence-corrected chi connectivity index (χ2v) is 7.91. The van der Waals surface area contributed by atoms with Gasteiger partial charge in [-0.15, -0.1) is 11.3 Å². The van der Waals surface area contributed by atoms with Crippen molar-refractivity contribution in [3.63, 3.8) is 0 Å². The van der Waals surface area contributed by atoms with Crippen LogP contribution in [-0.2, 0) is 6.18 Å². The SMILES string of the molecule is CC1C(NC(=O)c2cc3sc(C(F)(F)F)cc3cn2)C2CCN1CC2. The molecule has 2 atom stereocenters. The average molecular weight is 369 g/mol. The number of halogens is 3. The van der Waals surface area contributed by atoms with Crippen LogP contribution < -0.4 is 5.32 Å². The van der Waals surface area contributed by atoms with E-state index in [9.17, 15) is 18.0 Å². The van der Waals surface area contributed by atoms with Gasteiger partial charge in [-0.05, 0) is 50.9 Å². The number of hydrogen-bond donors (Lipinski definition) is 1. The molecule has 4 nitrogen and oxygen atoms in total. The molecule has 2 aromatic heterocycles. The number of piperidine rings is 3. The summed E-state index contributed by atoms with van der Waals surface area (Å²) in [5, 5.41) is 3.46. The number of rotatable bonds is 2. The average Bonchev–Trinajstić information content (AvgIpc) is 3.02. The van der Waals surface area contributed by atoms with E-state index in [0.717, 1.165) is 32.0 Å². The third-order valence-electron chi connectivity index (χ3n) is 5.39. The Kier molecular flexibility index (Phi) is 3.99. The van der Waals surface area contributed by atoms with Gasteiger partial charge in [-0.3, -0.25) is 14.7 Å². The second-order valence-electron chi connectivity index (χ2n) is 6.83. The van der Waals surface area contributed by atoms with E-state index in [2.05, 4.69) is 22.1 Å². The van der Waals surface area contributed by atoms with Crippen molar-refractivity contribution in [3.05, 3.63) is 28.9 Å². The van der Waals surface area contributed by atoms with Crippen molar-refractivity contribution < 1.29 is 18.0 Å². The minimum atomic E-state index is -4.38. The summed E-state index contributed by atoms with van der Waals surface area (Å²) in [5.74, 6) is 0.153. The molecule has 3 aliphatic heterocycles. The number of nitrogens with zero attached hydrogens (tertiary/aromatic N) is 2. The van der Waals surface area contributed by atoms with Crippen LogP contribution in [0.4, 0.5) is 13.2 Å². The molecular weight excluding hydrogens is 351 g/mol. The normalized spacial score (nSPS) is 29.1. The minimum absolute atomic E-state index is 0.0709. The number of pyridine rings is 1. The Morgan fingerprint density at radius 2 is 2.04 bits per heavy atom. The fourth-order valence-electron chi connectivity index (χ4n) is 3.97. The zero-order valence-corrected chi connectivity index (χ0v) is 14.5. The van der Waals surface area contributed by atoms with Crippen LogP contribution in [-0.4, -0.2) is 41.0 Å². The van der Waals surface area contributed by atoms with Crippen LogP contribution in [0.15, 0.2) is 18.3 Å². The lowest BCUT2D eigenvalue weighted by Gasteiger charge is -2.49. The van der Waals surface area contributed by atoms with Crippen molar-refractivity contribution in [2.24, 2.45) is 5.92 Å². The first-order chi connectivity index (χ1) is 11.8. The number of nitrogens with one attached hydrogen (secondary N) is 1. The van der Waals surface area contributed by atoms with Crippen molar-refractivity contribution in [2.75, 3.05) is 13.1 Å². The molecule has 3 aliphatic rings. The van der Waals surface area contributed by atoms with Gasteiger partial charge in [0.05, 0.1) is 0 Å². The van der Waals surface area contributed by atoms with Crippen LogP contribution in [0.2, 0.25) is 0 Å². The molecule has 1 N–H and O–H groups in total. The first-order valence-electron chi connectivity index (χ1n) is 8.34. The molecule has 0 radical (unpaired) electrons.